The molecule has 2 aromatic carbocycles. The van der Waals surface area contributed by atoms with E-state index in [0.717, 1.165) is 6.08 Å². The van der Waals surface area contributed by atoms with Gasteiger partial charge in [0.25, 0.3) is 0 Å². The number of aliphatic carboxylic acids is 1. The second-order valence-corrected chi connectivity index (χ2v) is 6.18. The van der Waals surface area contributed by atoms with E-state index in [1.54, 1.807) is 18.2 Å². The third-order valence-corrected chi connectivity index (χ3v) is 4.12. The number of carbonyl (C=O) groups is 1. The lowest BCUT2D eigenvalue weighted by atomic mass is 10.2. The number of halogens is 3. The first-order valence-electron chi connectivity index (χ1n) is 7.35. The summed E-state index contributed by atoms with van der Waals surface area (Å²) in [5.74, 6) is -0.714. The highest BCUT2D eigenvalue weighted by Gasteiger charge is 2.14. The van der Waals surface area contributed by atoms with Crippen LogP contribution < -0.4 is 9.47 Å². The molecule has 4 nitrogen and oxygen atoms in total. The lowest BCUT2D eigenvalue weighted by molar-refractivity contribution is -0.131. The zero-order valence-corrected chi connectivity index (χ0v) is 15.6. The van der Waals surface area contributed by atoms with Crippen LogP contribution in [-0.2, 0) is 11.4 Å². The molecular formula is C18H15BrClFO4. The SMILES string of the molecule is CCOc1cc(/C=C/C(=O)O)cc(Br)c1OCc1c(F)cccc1Cl. The first-order chi connectivity index (χ1) is 11.9. The van der Waals surface area contributed by atoms with Crippen LogP contribution in [-0.4, -0.2) is 17.7 Å². The number of carboxylic acid groups (broad SMARTS) is 1. The number of hydrogen-bond acceptors (Lipinski definition) is 3. The van der Waals surface area contributed by atoms with Gasteiger partial charge in [-0.15, -0.1) is 0 Å². The smallest absolute Gasteiger partial charge is 0.328 e. The Morgan fingerprint density at radius 2 is 2.12 bits per heavy atom. The van der Waals surface area contributed by atoms with E-state index >= 15 is 0 Å². The summed E-state index contributed by atoms with van der Waals surface area (Å²) in [5, 5.41) is 9.00. The predicted octanol–water partition coefficient (Wildman–Crippen LogP) is 5.32. The molecule has 0 spiro atoms. The van der Waals surface area contributed by atoms with Crippen LogP contribution in [0.1, 0.15) is 18.1 Å². The number of benzene rings is 2. The van der Waals surface area contributed by atoms with Gasteiger partial charge in [-0.25, -0.2) is 9.18 Å². The minimum atomic E-state index is -1.05. The summed E-state index contributed by atoms with van der Waals surface area (Å²) in [6, 6.07) is 7.74. The standard InChI is InChI=1S/C18H15BrClFO4/c1-2-24-16-9-11(6-7-17(22)23)8-13(19)18(16)25-10-12-14(20)4-3-5-15(12)21/h3-9H,2,10H2,1H3,(H,22,23)/b7-6+. The van der Waals surface area contributed by atoms with Crippen molar-refractivity contribution in [3.8, 4) is 11.5 Å². The van der Waals surface area contributed by atoms with Gasteiger partial charge in [-0.1, -0.05) is 17.7 Å². The molecule has 0 saturated carbocycles. The molecule has 0 saturated heterocycles. The van der Waals surface area contributed by atoms with Crippen molar-refractivity contribution in [2.45, 2.75) is 13.5 Å². The van der Waals surface area contributed by atoms with E-state index < -0.39 is 11.8 Å². The van der Waals surface area contributed by atoms with Gasteiger partial charge in [-0.05, 0) is 58.8 Å². The lowest BCUT2D eigenvalue weighted by Crippen LogP contribution is -2.03. The molecule has 132 valence electrons. The Morgan fingerprint density at radius 3 is 2.76 bits per heavy atom. The fourth-order valence-electron chi connectivity index (χ4n) is 2.07. The number of hydrogen-bond donors (Lipinski definition) is 1. The van der Waals surface area contributed by atoms with E-state index in [0.29, 0.717) is 28.1 Å². The fraction of sp³-hybridized carbons (Fsp3) is 0.167. The molecule has 0 amide bonds. The molecule has 0 unspecified atom stereocenters. The Bertz CT molecular complexity index is 788. The molecule has 0 aliphatic carbocycles. The second kappa shape index (κ2) is 8.87. The Hall–Kier alpha value is -2.05. The van der Waals surface area contributed by atoms with E-state index in [4.69, 9.17) is 26.2 Å². The van der Waals surface area contributed by atoms with Crippen LogP contribution >= 0.6 is 27.5 Å². The molecule has 2 rings (SSSR count). The summed E-state index contributed by atoms with van der Waals surface area (Å²) in [6.45, 7) is 2.12. The average molecular weight is 430 g/mol. The van der Waals surface area contributed by atoms with Gasteiger partial charge >= 0.3 is 5.97 Å². The van der Waals surface area contributed by atoms with Gasteiger partial charge in [-0.2, -0.15) is 0 Å². The highest BCUT2D eigenvalue weighted by atomic mass is 79.9. The maximum absolute atomic E-state index is 13.9. The summed E-state index contributed by atoms with van der Waals surface area (Å²) in [6.07, 6.45) is 2.46. The zero-order chi connectivity index (χ0) is 18.4. The quantitative estimate of drug-likeness (QED) is 0.606. The molecule has 25 heavy (non-hydrogen) atoms. The number of carboxylic acids is 1. The minimum absolute atomic E-state index is 0.0749. The largest absolute Gasteiger partial charge is 0.490 e. The van der Waals surface area contributed by atoms with Gasteiger partial charge < -0.3 is 14.6 Å². The molecule has 2 aromatic rings. The maximum atomic E-state index is 13.9. The molecular weight excluding hydrogens is 415 g/mol. The summed E-state index contributed by atoms with van der Waals surface area (Å²) in [7, 11) is 0. The summed E-state index contributed by atoms with van der Waals surface area (Å²) in [5.41, 5.74) is 0.863. The van der Waals surface area contributed by atoms with E-state index in [1.165, 1.54) is 18.2 Å². The van der Waals surface area contributed by atoms with Gasteiger partial charge in [0.2, 0.25) is 0 Å². The van der Waals surface area contributed by atoms with Crippen molar-refractivity contribution in [2.24, 2.45) is 0 Å². The fourth-order valence-corrected chi connectivity index (χ4v) is 2.86. The van der Waals surface area contributed by atoms with E-state index in [1.807, 2.05) is 6.92 Å². The third kappa shape index (κ3) is 5.21. The molecule has 0 bridgehead atoms. The normalized spacial score (nSPS) is 10.9. The van der Waals surface area contributed by atoms with E-state index in [9.17, 15) is 9.18 Å². The van der Waals surface area contributed by atoms with E-state index in [2.05, 4.69) is 15.9 Å². The number of rotatable bonds is 7. The number of ether oxygens (including phenoxy) is 2. The first-order valence-corrected chi connectivity index (χ1v) is 8.52. The molecule has 1 N–H and O–H groups in total. The molecule has 0 atom stereocenters. The Kier molecular flexibility index (Phi) is 6.84. The van der Waals surface area contributed by atoms with Crippen LogP contribution in [0.2, 0.25) is 5.02 Å². The van der Waals surface area contributed by atoms with Gasteiger partial charge in [0.15, 0.2) is 11.5 Å². The van der Waals surface area contributed by atoms with Crippen LogP contribution in [0.4, 0.5) is 4.39 Å². The van der Waals surface area contributed by atoms with Crippen molar-refractivity contribution in [1.82, 2.24) is 0 Å². The highest BCUT2D eigenvalue weighted by Crippen LogP contribution is 2.38. The second-order valence-electron chi connectivity index (χ2n) is 4.92. The molecule has 0 aromatic heterocycles. The van der Waals surface area contributed by atoms with E-state index in [-0.39, 0.29) is 17.2 Å². The van der Waals surface area contributed by atoms with Crippen molar-refractivity contribution < 1.29 is 23.8 Å². The first kappa shape index (κ1) is 19.3. The zero-order valence-electron chi connectivity index (χ0n) is 13.3. The Labute approximate surface area is 158 Å². The summed E-state index contributed by atoms with van der Waals surface area (Å²) >= 11 is 9.38. The van der Waals surface area contributed by atoms with Crippen LogP contribution in [0, 0.1) is 5.82 Å². The Morgan fingerprint density at radius 1 is 1.36 bits per heavy atom. The molecule has 0 radical (unpaired) electrons. The van der Waals surface area contributed by atoms with Gasteiger partial charge in [-0.3, -0.25) is 0 Å². The van der Waals surface area contributed by atoms with Crippen LogP contribution in [0.3, 0.4) is 0 Å². The molecule has 0 heterocycles. The van der Waals surface area contributed by atoms with Crippen molar-refractivity contribution in [1.29, 1.82) is 0 Å². The Balaban J connectivity index is 2.31. The summed E-state index contributed by atoms with van der Waals surface area (Å²) in [4.78, 5) is 10.7. The van der Waals surface area contributed by atoms with Crippen molar-refractivity contribution in [3.05, 3.63) is 62.8 Å². The summed E-state index contributed by atoms with van der Waals surface area (Å²) < 4.78 is 25.7. The molecule has 7 heteroatoms. The molecule has 0 fully saturated rings. The topological polar surface area (TPSA) is 55.8 Å². The van der Waals surface area contributed by atoms with Gasteiger partial charge in [0, 0.05) is 11.6 Å². The molecule has 0 aliphatic heterocycles. The van der Waals surface area contributed by atoms with Crippen molar-refractivity contribution >= 4 is 39.6 Å². The average Bonchev–Trinajstić information content (AvgIpc) is 2.54. The lowest BCUT2D eigenvalue weighted by Gasteiger charge is -2.15. The minimum Gasteiger partial charge on any atom is -0.490 e. The van der Waals surface area contributed by atoms with Crippen LogP contribution in [0.5, 0.6) is 11.5 Å². The predicted molar refractivity (Wildman–Crippen MR) is 97.7 cm³/mol. The van der Waals surface area contributed by atoms with Crippen LogP contribution in [0.25, 0.3) is 6.08 Å². The van der Waals surface area contributed by atoms with Crippen LogP contribution in [0.15, 0.2) is 40.9 Å². The maximum Gasteiger partial charge on any atom is 0.328 e. The third-order valence-electron chi connectivity index (χ3n) is 3.17. The molecule has 0 aliphatic rings. The van der Waals surface area contributed by atoms with Gasteiger partial charge in [0.05, 0.1) is 16.1 Å². The van der Waals surface area contributed by atoms with Crippen molar-refractivity contribution in [3.63, 3.8) is 0 Å². The van der Waals surface area contributed by atoms with Crippen molar-refractivity contribution in [2.75, 3.05) is 6.61 Å². The monoisotopic (exact) mass is 428 g/mol. The highest BCUT2D eigenvalue weighted by molar-refractivity contribution is 9.10. The van der Waals surface area contributed by atoms with Gasteiger partial charge in [0.1, 0.15) is 12.4 Å².